The Hall–Kier alpha value is -2.69. The van der Waals surface area contributed by atoms with Crippen molar-refractivity contribution in [1.82, 2.24) is 20.3 Å². The van der Waals surface area contributed by atoms with Crippen LogP contribution in [0.15, 0.2) is 48.7 Å². The second-order valence-corrected chi connectivity index (χ2v) is 4.70. The van der Waals surface area contributed by atoms with Gasteiger partial charge in [-0.05, 0) is 22.4 Å². The van der Waals surface area contributed by atoms with E-state index in [4.69, 9.17) is 0 Å². The van der Waals surface area contributed by atoms with Crippen molar-refractivity contribution >= 4 is 16.7 Å². The molecule has 0 aliphatic heterocycles. The van der Waals surface area contributed by atoms with Crippen LogP contribution in [-0.4, -0.2) is 33.3 Å². The minimum atomic E-state index is -0.146. The van der Waals surface area contributed by atoms with Crippen molar-refractivity contribution in [3.05, 3.63) is 59.9 Å². The molecule has 20 heavy (non-hydrogen) atoms. The van der Waals surface area contributed by atoms with Crippen LogP contribution in [0.5, 0.6) is 0 Å². The van der Waals surface area contributed by atoms with Gasteiger partial charge >= 0.3 is 0 Å². The first-order valence-corrected chi connectivity index (χ1v) is 6.33. The van der Waals surface area contributed by atoms with Gasteiger partial charge in [0.25, 0.3) is 5.91 Å². The fourth-order valence-corrected chi connectivity index (χ4v) is 2.18. The number of nitrogens with zero attached hydrogens (tertiary/aromatic N) is 3. The summed E-state index contributed by atoms with van der Waals surface area (Å²) in [5, 5.41) is 12.3. The average molecular weight is 266 g/mol. The average Bonchev–Trinajstić information content (AvgIpc) is 3.00. The molecule has 0 fully saturated rings. The predicted octanol–water partition coefficient (Wildman–Crippen LogP) is 2.23. The fourth-order valence-electron chi connectivity index (χ4n) is 2.18. The number of aromatic amines is 1. The van der Waals surface area contributed by atoms with Crippen molar-refractivity contribution < 1.29 is 4.79 Å². The van der Waals surface area contributed by atoms with Gasteiger partial charge in [0.1, 0.15) is 0 Å². The van der Waals surface area contributed by atoms with Crippen LogP contribution in [0.25, 0.3) is 10.8 Å². The van der Waals surface area contributed by atoms with E-state index in [1.54, 1.807) is 11.9 Å². The Morgan fingerprint density at radius 2 is 2.00 bits per heavy atom. The highest BCUT2D eigenvalue weighted by molar-refractivity contribution is 5.91. The van der Waals surface area contributed by atoms with E-state index in [1.807, 2.05) is 18.2 Å². The third-order valence-electron chi connectivity index (χ3n) is 3.21. The number of carbonyl (C=O) groups excluding carboxylic acids is 1. The normalized spacial score (nSPS) is 10.7. The Morgan fingerprint density at radius 3 is 2.75 bits per heavy atom. The lowest BCUT2D eigenvalue weighted by Crippen LogP contribution is -2.26. The summed E-state index contributed by atoms with van der Waals surface area (Å²) in [4.78, 5) is 13.7. The molecule has 0 aliphatic carbocycles. The van der Waals surface area contributed by atoms with Gasteiger partial charge < -0.3 is 4.90 Å². The number of hydrogen-bond acceptors (Lipinski definition) is 3. The van der Waals surface area contributed by atoms with Crippen LogP contribution in [-0.2, 0) is 6.54 Å². The van der Waals surface area contributed by atoms with Gasteiger partial charge in [-0.2, -0.15) is 15.4 Å². The largest absolute Gasteiger partial charge is 0.336 e. The molecule has 3 aromatic rings. The van der Waals surface area contributed by atoms with Crippen LogP contribution in [0, 0.1) is 0 Å². The van der Waals surface area contributed by atoms with Crippen LogP contribution in [0.2, 0.25) is 0 Å². The van der Waals surface area contributed by atoms with Crippen molar-refractivity contribution in [1.29, 1.82) is 0 Å². The molecule has 5 heteroatoms. The molecule has 3 rings (SSSR count). The summed E-state index contributed by atoms with van der Waals surface area (Å²) in [6.07, 6.45) is 1.43. The van der Waals surface area contributed by atoms with E-state index in [0.717, 1.165) is 5.56 Å². The smallest absolute Gasteiger partial charge is 0.276 e. The van der Waals surface area contributed by atoms with E-state index >= 15 is 0 Å². The molecule has 0 unspecified atom stereocenters. The van der Waals surface area contributed by atoms with E-state index in [9.17, 15) is 4.79 Å². The van der Waals surface area contributed by atoms with Gasteiger partial charge in [0.15, 0.2) is 5.69 Å². The summed E-state index contributed by atoms with van der Waals surface area (Å²) in [5.74, 6) is -0.146. The molecule has 0 atom stereocenters. The zero-order chi connectivity index (χ0) is 13.9. The first-order valence-electron chi connectivity index (χ1n) is 6.33. The summed E-state index contributed by atoms with van der Waals surface area (Å²) in [7, 11) is 1.76. The van der Waals surface area contributed by atoms with Crippen LogP contribution >= 0.6 is 0 Å². The Kier molecular flexibility index (Phi) is 3.16. The van der Waals surface area contributed by atoms with Crippen molar-refractivity contribution in [3.63, 3.8) is 0 Å². The van der Waals surface area contributed by atoms with Gasteiger partial charge in [-0.3, -0.25) is 4.79 Å². The highest BCUT2D eigenvalue weighted by Gasteiger charge is 2.14. The highest BCUT2D eigenvalue weighted by Crippen LogP contribution is 2.16. The number of carbonyl (C=O) groups is 1. The number of aromatic nitrogens is 3. The number of amides is 1. The molecular formula is C15H14N4O. The van der Waals surface area contributed by atoms with E-state index in [0.29, 0.717) is 12.2 Å². The Balaban J connectivity index is 1.80. The van der Waals surface area contributed by atoms with E-state index in [1.165, 1.54) is 17.0 Å². The molecular weight excluding hydrogens is 252 g/mol. The summed E-state index contributed by atoms with van der Waals surface area (Å²) >= 11 is 0. The Morgan fingerprint density at radius 1 is 1.20 bits per heavy atom. The molecule has 100 valence electrons. The number of rotatable bonds is 3. The van der Waals surface area contributed by atoms with Crippen molar-refractivity contribution in [2.45, 2.75) is 6.54 Å². The number of fused-ring (bicyclic) bond motifs is 1. The van der Waals surface area contributed by atoms with Crippen molar-refractivity contribution in [2.24, 2.45) is 0 Å². The molecule has 0 aliphatic rings. The SMILES string of the molecule is CN(Cc1ccc2ccccc2c1)C(=O)c1cn[nH]n1. The molecule has 1 aromatic heterocycles. The maximum Gasteiger partial charge on any atom is 0.276 e. The second-order valence-electron chi connectivity index (χ2n) is 4.70. The maximum atomic E-state index is 12.1. The topological polar surface area (TPSA) is 61.9 Å². The van der Waals surface area contributed by atoms with Crippen LogP contribution in [0.4, 0.5) is 0 Å². The standard InChI is InChI=1S/C15H14N4O/c1-19(15(20)14-9-16-18-17-14)10-11-6-7-12-4-2-3-5-13(12)8-11/h2-9H,10H2,1H3,(H,16,17,18). The van der Waals surface area contributed by atoms with Crippen LogP contribution in [0.1, 0.15) is 16.1 Å². The number of H-pyrrole nitrogens is 1. The van der Waals surface area contributed by atoms with E-state index in [-0.39, 0.29) is 5.91 Å². The lowest BCUT2D eigenvalue weighted by atomic mass is 10.1. The molecule has 1 amide bonds. The van der Waals surface area contributed by atoms with Gasteiger partial charge in [-0.25, -0.2) is 0 Å². The van der Waals surface area contributed by atoms with Crippen molar-refractivity contribution in [2.75, 3.05) is 7.05 Å². The maximum absolute atomic E-state index is 12.1. The fraction of sp³-hybridized carbons (Fsp3) is 0.133. The van der Waals surface area contributed by atoms with Crippen molar-refractivity contribution in [3.8, 4) is 0 Å². The first-order chi connectivity index (χ1) is 9.74. The Labute approximate surface area is 116 Å². The highest BCUT2D eigenvalue weighted by atomic mass is 16.2. The molecule has 0 bridgehead atoms. The quantitative estimate of drug-likeness (QED) is 0.790. The predicted molar refractivity (Wildman–Crippen MR) is 76.1 cm³/mol. The lowest BCUT2D eigenvalue weighted by Gasteiger charge is -2.16. The van der Waals surface area contributed by atoms with Crippen LogP contribution in [0.3, 0.4) is 0 Å². The summed E-state index contributed by atoms with van der Waals surface area (Å²) in [6.45, 7) is 0.538. The summed E-state index contributed by atoms with van der Waals surface area (Å²) < 4.78 is 0. The zero-order valence-electron chi connectivity index (χ0n) is 11.1. The molecule has 1 N–H and O–H groups in total. The van der Waals surface area contributed by atoms with Crippen LogP contribution < -0.4 is 0 Å². The molecule has 0 saturated carbocycles. The monoisotopic (exact) mass is 266 g/mol. The van der Waals surface area contributed by atoms with E-state index < -0.39 is 0 Å². The third-order valence-corrected chi connectivity index (χ3v) is 3.21. The first kappa shape index (κ1) is 12.3. The van der Waals surface area contributed by atoms with Gasteiger partial charge in [0, 0.05) is 13.6 Å². The zero-order valence-corrected chi connectivity index (χ0v) is 11.1. The van der Waals surface area contributed by atoms with Gasteiger partial charge in [0.05, 0.1) is 6.20 Å². The minimum Gasteiger partial charge on any atom is -0.336 e. The summed E-state index contributed by atoms with van der Waals surface area (Å²) in [6, 6.07) is 14.4. The number of nitrogens with one attached hydrogen (secondary N) is 1. The molecule has 0 saturated heterocycles. The van der Waals surface area contributed by atoms with Gasteiger partial charge in [0.2, 0.25) is 0 Å². The molecule has 2 aromatic carbocycles. The second kappa shape index (κ2) is 5.13. The number of hydrogen-bond donors (Lipinski definition) is 1. The summed E-state index contributed by atoms with van der Waals surface area (Å²) in [5.41, 5.74) is 1.41. The minimum absolute atomic E-state index is 0.146. The third kappa shape index (κ3) is 2.38. The molecule has 5 nitrogen and oxygen atoms in total. The number of benzene rings is 2. The van der Waals surface area contributed by atoms with E-state index in [2.05, 4.69) is 39.7 Å². The van der Waals surface area contributed by atoms with Gasteiger partial charge in [-0.15, -0.1) is 0 Å². The molecule has 0 radical (unpaired) electrons. The van der Waals surface area contributed by atoms with Gasteiger partial charge in [-0.1, -0.05) is 36.4 Å². The lowest BCUT2D eigenvalue weighted by molar-refractivity contribution is 0.0779. The molecule has 1 heterocycles. The molecule has 0 spiro atoms. The Bertz CT molecular complexity index is 736.